The largest absolute Gasteiger partial charge is 0.493 e. The summed E-state index contributed by atoms with van der Waals surface area (Å²) in [7, 11) is 3.38. The Bertz CT molecular complexity index is 620. The molecule has 0 radical (unpaired) electrons. The van der Waals surface area contributed by atoms with Crippen LogP contribution in [-0.2, 0) is 0 Å². The lowest BCUT2D eigenvalue weighted by molar-refractivity contribution is 0.453. The SMILES string of the molecule is CN(C)c1nc(O)c(-c2ccc(F)cc2)c(=O)[nH]1. The third-order valence-electron chi connectivity index (χ3n) is 2.44. The normalized spacial score (nSPS) is 10.4. The van der Waals surface area contributed by atoms with E-state index in [0.717, 1.165) is 0 Å². The summed E-state index contributed by atoms with van der Waals surface area (Å²) in [5.74, 6) is -0.537. The van der Waals surface area contributed by atoms with Gasteiger partial charge >= 0.3 is 0 Å². The molecule has 0 unspecified atom stereocenters. The second-order valence-electron chi connectivity index (χ2n) is 3.99. The first-order valence-electron chi connectivity index (χ1n) is 5.25. The predicted octanol–water partition coefficient (Wildman–Crippen LogP) is 1.35. The van der Waals surface area contributed by atoms with Gasteiger partial charge in [-0.25, -0.2) is 4.39 Å². The molecule has 2 N–H and O–H groups in total. The van der Waals surface area contributed by atoms with Gasteiger partial charge in [-0.1, -0.05) is 12.1 Å². The van der Waals surface area contributed by atoms with E-state index < -0.39 is 11.4 Å². The molecular formula is C12H12FN3O2. The molecule has 1 heterocycles. The van der Waals surface area contributed by atoms with Crippen molar-refractivity contribution in [2.75, 3.05) is 19.0 Å². The van der Waals surface area contributed by atoms with E-state index in [1.807, 2.05) is 0 Å². The van der Waals surface area contributed by atoms with Crippen LogP contribution in [0.25, 0.3) is 11.1 Å². The number of halogens is 1. The van der Waals surface area contributed by atoms with Crippen LogP contribution in [0.5, 0.6) is 5.88 Å². The molecule has 5 nitrogen and oxygen atoms in total. The Balaban J connectivity index is 2.59. The summed E-state index contributed by atoms with van der Waals surface area (Å²) in [6.45, 7) is 0. The van der Waals surface area contributed by atoms with Crippen molar-refractivity contribution in [3.05, 3.63) is 40.4 Å². The van der Waals surface area contributed by atoms with Gasteiger partial charge in [-0.05, 0) is 17.7 Å². The molecule has 1 aromatic heterocycles. The fourth-order valence-corrected chi connectivity index (χ4v) is 1.54. The number of nitrogens with one attached hydrogen (secondary N) is 1. The molecule has 2 aromatic rings. The van der Waals surface area contributed by atoms with Crippen LogP contribution >= 0.6 is 0 Å². The summed E-state index contributed by atoms with van der Waals surface area (Å²) < 4.78 is 12.8. The first kappa shape index (κ1) is 12.1. The van der Waals surface area contributed by atoms with E-state index in [4.69, 9.17) is 0 Å². The molecule has 0 fully saturated rings. The zero-order valence-electron chi connectivity index (χ0n) is 9.94. The average molecular weight is 249 g/mol. The number of aromatic amines is 1. The highest BCUT2D eigenvalue weighted by atomic mass is 19.1. The van der Waals surface area contributed by atoms with Crippen LogP contribution in [0.15, 0.2) is 29.1 Å². The Morgan fingerprint density at radius 3 is 2.39 bits per heavy atom. The van der Waals surface area contributed by atoms with Gasteiger partial charge in [-0.2, -0.15) is 4.98 Å². The highest BCUT2D eigenvalue weighted by molar-refractivity contribution is 5.67. The molecule has 1 aromatic carbocycles. The fourth-order valence-electron chi connectivity index (χ4n) is 1.54. The highest BCUT2D eigenvalue weighted by Gasteiger charge is 2.13. The maximum Gasteiger partial charge on any atom is 0.264 e. The minimum Gasteiger partial charge on any atom is -0.493 e. The molecule has 0 aliphatic heterocycles. The lowest BCUT2D eigenvalue weighted by Gasteiger charge is -2.12. The molecule has 0 atom stereocenters. The van der Waals surface area contributed by atoms with Crippen LogP contribution in [0, 0.1) is 5.82 Å². The first-order valence-corrected chi connectivity index (χ1v) is 5.25. The lowest BCUT2D eigenvalue weighted by atomic mass is 10.1. The van der Waals surface area contributed by atoms with Gasteiger partial charge in [0.15, 0.2) is 0 Å². The number of aromatic hydroxyl groups is 1. The topological polar surface area (TPSA) is 69.2 Å². The van der Waals surface area contributed by atoms with Crippen LogP contribution < -0.4 is 10.5 Å². The average Bonchev–Trinajstić information content (AvgIpc) is 2.30. The van der Waals surface area contributed by atoms with Gasteiger partial charge < -0.3 is 10.0 Å². The summed E-state index contributed by atoms with van der Waals surface area (Å²) in [6, 6.07) is 5.26. The van der Waals surface area contributed by atoms with E-state index in [0.29, 0.717) is 5.56 Å². The number of benzene rings is 1. The maximum absolute atomic E-state index is 12.8. The van der Waals surface area contributed by atoms with Gasteiger partial charge in [0.05, 0.1) is 0 Å². The highest BCUT2D eigenvalue weighted by Crippen LogP contribution is 2.24. The molecule has 18 heavy (non-hydrogen) atoms. The second-order valence-corrected chi connectivity index (χ2v) is 3.99. The smallest absolute Gasteiger partial charge is 0.264 e. The van der Waals surface area contributed by atoms with Crippen molar-refractivity contribution < 1.29 is 9.50 Å². The molecule has 0 aliphatic carbocycles. The number of H-pyrrole nitrogens is 1. The minimum absolute atomic E-state index is 0.0283. The van der Waals surface area contributed by atoms with E-state index in [9.17, 15) is 14.3 Å². The lowest BCUT2D eigenvalue weighted by Crippen LogP contribution is -2.19. The number of hydrogen-bond donors (Lipinski definition) is 2. The molecular weight excluding hydrogens is 237 g/mol. The molecule has 0 saturated heterocycles. The van der Waals surface area contributed by atoms with E-state index in [-0.39, 0.29) is 17.4 Å². The molecule has 0 amide bonds. The third kappa shape index (κ3) is 2.17. The monoisotopic (exact) mass is 249 g/mol. The van der Waals surface area contributed by atoms with Crippen molar-refractivity contribution in [1.82, 2.24) is 9.97 Å². The van der Waals surface area contributed by atoms with Crippen LogP contribution in [-0.4, -0.2) is 29.2 Å². The summed E-state index contributed by atoms with van der Waals surface area (Å²) in [6.07, 6.45) is 0. The van der Waals surface area contributed by atoms with Crippen molar-refractivity contribution in [2.45, 2.75) is 0 Å². The molecule has 6 heteroatoms. The molecule has 2 rings (SSSR count). The molecule has 0 aliphatic rings. The first-order chi connectivity index (χ1) is 8.49. The van der Waals surface area contributed by atoms with Gasteiger partial charge in [0.1, 0.15) is 11.4 Å². The van der Waals surface area contributed by atoms with Crippen molar-refractivity contribution in [1.29, 1.82) is 0 Å². The molecule has 0 saturated carbocycles. The van der Waals surface area contributed by atoms with Gasteiger partial charge in [0.25, 0.3) is 5.56 Å². The van der Waals surface area contributed by atoms with Crippen LogP contribution in [0.3, 0.4) is 0 Å². The number of anilines is 1. The Kier molecular flexibility index (Phi) is 3.01. The standard InChI is InChI=1S/C12H12FN3O2/c1-16(2)12-14-10(17)9(11(18)15-12)7-3-5-8(13)6-4-7/h3-6H,1-2H3,(H2,14,15,17,18). The van der Waals surface area contributed by atoms with Gasteiger partial charge in [-0.15, -0.1) is 0 Å². The van der Waals surface area contributed by atoms with E-state index in [2.05, 4.69) is 9.97 Å². The Hall–Kier alpha value is -2.37. The quantitative estimate of drug-likeness (QED) is 0.842. The third-order valence-corrected chi connectivity index (χ3v) is 2.44. The number of hydrogen-bond acceptors (Lipinski definition) is 4. The van der Waals surface area contributed by atoms with Crippen molar-refractivity contribution in [3.8, 4) is 17.0 Å². The van der Waals surface area contributed by atoms with Gasteiger partial charge in [0, 0.05) is 14.1 Å². The number of aromatic nitrogens is 2. The molecule has 94 valence electrons. The summed E-state index contributed by atoms with van der Waals surface area (Å²) in [5, 5.41) is 9.79. The zero-order valence-corrected chi connectivity index (χ0v) is 9.94. The van der Waals surface area contributed by atoms with Crippen molar-refractivity contribution >= 4 is 5.95 Å². The van der Waals surface area contributed by atoms with Crippen molar-refractivity contribution in [2.24, 2.45) is 0 Å². The van der Waals surface area contributed by atoms with E-state index in [1.54, 1.807) is 19.0 Å². The summed E-state index contributed by atoms with van der Waals surface area (Å²) >= 11 is 0. The Morgan fingerprint density at radius 2 is 1.89 bits per heavy atom. The number of nitrogens with zero attached hydrogens (tertiary/aromatic N) is 2. The Labute approximate surface area is 103 Å². The van der Waals surface area contributed by atoms with E-state index >= 15 is 0 Å². The summed E-state index contributed by atoms with van der Waals surface area (Å²) in [5.41, 5.74) is -0.0358. The zero-order chi connectivity index (χ0) is 13.3. The Morgan fingerprint density at radius 1 is 1.28 bits per heavy atom. The van der Waals surface area contributed by atoms with E-state index in [1.165, 1.54) is 24.3 Å². The fraction of sp³-hybridized carbons (Fsp3) is 0.167. The number of rotatable bonds is 2. The van der Waals surface area contributed by atoms with Gasteiger partial charge in [-0.3, -0.25) is 9.78 Å². The maximum atomic E-state index is 12.8. The summed E-state index contributed by atoms with van der Waals surface area (Å²) in [4.78, 5) is 19.8. The van der Waals surface area contributed by atoms with Crippen LogP contribution in [0.1, 0.15) is 0 Å². The van der Waals surface area contributed by atoms with Crippen LogP contribution in [0.2, 0.25) is 0 Å². The minimum atomic E-state index is -0.474. The molecule has 0 bridgehead atoms. The predicted molar refractivity (Wildman–Crippen MR) is 66.2 cm³/mol. The van der Waals surface area contributed by atoms with Crippen LogP contribution in [0.4, 0.5) is 10.3 Å². The van der Waals surface area contributed by atoms with Crippen molar-refractivity contribution in [3.63, 3.8) is 0 Å². The second kappa shape index (κ2) is 4.48. The van der Waals surface area contributed by atoms with Gasteiger partial charge in [0.2, 0.25) is 11.8 Å². The molecule has 0 spiro atoms.